The highest BCUT2D eigenvalue weighted by atomic mass is 35.5. The van der Waals surface area contributed by atoms with Gasteiger partial charge in [0.15, 0.2) is 0 Å². The first-order chi connectivity index (χ1) is 8.17. The Kier molecular flexibility index (Phi) is 2.31. The van der Waals surface area contributed by atoms with Gasteiger partial charge in [-0.25, -0.2) is 9.59 Å². The van der Waals surface area contributed by atoms with Gasteiger partial charge in [-0.3, -0.25) is 0 Å². The number of hydrogen-bond donors (Lipinski definition) is 0. The molecular formula is C11H5ClO4S. The summed E-state index contributed by atoms with van der Waals surface area (Å²) in [6.07, 6.45) is 0. The number of benzene rings is 1. The van der Waals surface area contributed by atoms with E-state index in [1.807, 2.05) is 0 Å². The molecule has 1 aromatic carbocycles. The molecular weight excluding hydrogens is 264 g/mol. The lowest BCUT2D eigenvalue weighted by Gasteiger charge is -2.00. The maximum atomic E-state index is 11.3. The van der Waals surface area contributed by atoms with E-state index in [0.29, 0.717) is 26.8 Å². The lowest BCUT2D eigenvalue weighted by atomic mass is 10.1. The van der Waals surface area contributed by atoms with E-state index in [2.05, 4.69) is 0 Å². The highest BCUT2D eigenvalue weighted by Gasteiger charge is 2.09. The summed E-state index contributed by atoms with van der Waals surface area (Å²) < 4.78 is 10.7. The van der Waals surface area contributed by atoms with Gasteiger partial charge < -0.3 is 8.83 Å². The van der Waals surface area contributed by atoms with Crippen LogP contribution in [0.3, 0.4) is 0 Å². The molecule has 0 bridgehead atoms. The largest absolute Gasteiger partial charge is 0.423 e. The third-order valence-corrected chi connectivity index (χ3v) is 3.50. The Morgan fingerprint density at radius 2 is 1.94 bits per heavy atom. The fourth-order valence-electron chi connectivity index (χ4n) is 1.70. The minimum Gasteiger partial charge on any atom is -0.423 e. The summed E-state index contributed by atoms with van der Waals surface area (Å²) in [6, 6.07) is 4.63. The number of fused-ring (bicyclic) bond motifs is 2. The van der Waals surface area contributed by atoms with Crippen molar-refractivity contribution in [3.8, 4) is 0 Å². The second-order valence-corrected chi connectivity index (χ2v) is 4.72. The Morgan fingerprint density at radius 3 is 2.71 bits per heavy atom. The van der Waals surface area contributed by atoms with Crippen LogP contribution < -0.4 is 10.6 Å². The molecule has 0 radical (unpaired) electrons. The van der Waals surface area contributed by atoms with Crippen LogP contribution in [0.5, 0.6) is 0 Å². The second-order valence-electron chi connectivity index (χ2n) is 3.47. The molecule has 2 aromatic heterocycles. The molecule has 0 amide bonds. The van der Waals surface area contributed by atoms with Crippen LogP contribution >= 0.6 is 22.9 Å². The van der Waals surface area contributed by atoms with Crippen molar-refractivity contribution in [2.45, 2.75) is 5.88 Å². The Morgan fingerprint density at radius 1 is 1.12 bits per heavy atom. The molecule has 0 aliphatic heterocycles. The van der Waals surface area contributed by atoms with E-state index >= 15 is 0 Å². The van der Waals surface area contributed by atoms with E-state index in [9.17, 15) is 9.59 Å². The molecule has 86 valence electrons. The minimum atomic E-state index is -0.455. The predicted molar refractivity (Wildman–Crippen MR) is 66.0 cm³/mol. The summed E-state index contributed by atoms with van der Waals surface area (Å²) in [6.45, 7) is 0. The first kappa shape index (κ1) is 10.6. The normalized spacial score (nSPS) is 11.4. The van der Waals surface area contributed by atoms with E-state index < -0.39 is 5.63 Å². The quantitative estimate of drug-likeness (QED) is 0.503. The monoisotopic (exact) mass is 268 g/mol. The number of alkyl halides is 1. The van der Waals surface area contributed by atoms with Crippen molar-refractivity contribution in [1.29, 1.82) is 0 Å². The van der Waals surface area contributed by atoms with Gasteiger partial charge in [-0.05, 0) is 11.6 Å². The number of hydrogen-bond acceptors (Lipinski definition) is 5. The minimum absolute atomic E-state index is 0.196. The zero-order valence-corrected chi connectivity index (χ0v) is 9.93. The third kappa shape index (κ3) is 1.67. The van der Waals surface area contributed by atoms with Crippen LogP contribution in [0.1, 0.15) is 5.56 Å². The Labute approximate surface area is 103 Å². The lowest BCUT2D eigenvalue weighted by Crippen LogP contribution is -1.98. The molecule has 0 fully saturated rings. The predicted octanol–water partition coefficient (Wildman–Crippen LogP) is 2.70. The van der Waals surface area contributed by atoms with Crippen molar-refractivity contribution >= 4 is 44.2 Å². The van der Waals surface area contributed by atoms with Crippen LogP contribution in [0.25, 0.3) is 21.3 Å². The van der Waals surface area contributed by atoms with Crippen LogP contribution in [0.4, 0.5) is 0 Å². The molecule has 0 saturated carbocycles. The van der Waals surface area contributed by atoms with Gasteiger partial charge in [-0.1, -0.05) is 11.3 Å². The first-order valence-electron chi connectivity index (χ1n) is 4.74. The molecule has 0 atom stereocenters. The molecule has 17 heavy (non-hydrogen) atoms. The standard InChI is InChI=1S/C11H5ClO4S/c12-4-5-1-10(13)15-7-3-9-8(2-6(5)7)16-11(14)17-9/h1-3H,4H2. The van der Waals surface area contributed by atoms with Crippen molar-refractivity contribution in [3.63, 3.8) is 0 Å². The average Bonchev–Trinajstić information content (AvgIpc) is 2.64. The number of halogens is 1. The van der Waals surface area contributed by atoms with Gasteiger partial charge in [-0.2, -0.15) is 0 Å². The smallest absolute Gasteiger partial charge is 0.396 e. The van der Waals surface area contributed by atoms with E-state index in [4.69, 9.17) is 20.4 Å². The SMILES string of the molecule is O=c1cc(CCl)c2cc3oc(=O)sc3cc2o1. The topological polar surface area (TPSA) is 60.4 Å². The second kappa shape index (κ2) is 3.72. The fourth-order valence-corrected chi connectivity index (χ4v) is 2.60. The van der Waals surface area contributed by atoms with E-state index in [-0.39, 0.29) is 10.8 Å². The van der Waals surface area contributed by atoms with Crippen LogP contribution in [0.2, 0.25) is 0 Å². The van der Waals surface area contributed by atoms with Crippen molar-refractivity contribution in [2.24, 2.45) is 0 Å². The Hall–Kier alpha value is -1.59. The molecule has 3 rings (SSSR count). The van der Waals surface area contributed by atoms with Crippen LogP contribution in [-0.2, 0) is 5.88 Å². The van der Waals surface area contributed by atoms with Gasteiger partial charge in [0, 0.05) is 23.4 Å². The summed E-state index contributed by atoms with van der Waals surface area (Å²) in [4.78, 5) is 22.0. The van der Waals surface area contributed by atoms with Crippen molar-refractivity contribution in [3.05, 3.63) is 43.9 Å². The van der Waals surface area contributed by atoms with Crippen molar-refractivity contribution in [2.75, 3.05) is 0 Å². The maximum Gasteiger partial charge on any atom is 0.396 e. The molecule has 0 spiro atoms. The summed E-state index contributed by atoms with van der Waals surface area (Å²) in [5.74, 6) is 0.196. The summed E-state index contributed by atoms with van der Waals surface area (Å²) >= 11 is 6.73. The van der Waals surface area contributed by atoms with Gasteiger partial charge in [0.1, 0.15) is 11.2 Å². The first-order valence-corrected chi connectivity index (χ1v) is 6.09. The molecule has 0 saturated heterocycles. The summed E-state index contributed by atoms with van der Waals surface area (Å²) in [5, 5.41) is 0.689. The molecule has 0 aliphatic rings. The van der Waals surface area contributed by atoms with Gasteiger partial charge in [0.25, 0.3) is 0 Å². The van der Waals surface area contributed by atoms with E-state index in [0.717, 1.165) is 11.3 Å². The molecule has 0 unspecified atom stereocenters. The van der Waals surface area contributed by atoms with Gasteiger partial charge >= 0.3 is 10.6 Å². The summed E-state index contributed by atoms with van der Waals surface area (Å²) in [5.41, 5.74) is 1.10. The lowest BCUT2D eigenvalue weighted by molar-refractivity contribution is 0.559. The van der Waals surface area contributed by atoms with Crippen LogP contribution in [0.15, 0.2) is 36.6 Å². The summed E-state index contributed by atoms with van der Waals surface area (Å²) in [7, 11) is 0. The van der Waals surface area contributed by atoms with Gasteiger partial charge in [-0.15, -0.1) is 11.6 Å². The molecule has 3 aromatic rings. The van der Waals surface area contributed by atoms with Gasteiger partial charge in [0.05, 0.1) is 4.70 Å². The Bertz CT molecular complexity index is 827. The van der Waals surface area contributed by atoms with Crippen molar-refractivity contribution in [1.82, 2.24) is 0 Å². The van der Waals surface area contributed by atoms with E-state index in [1.165, 1.54) is 6.07 Å². The average molecular weight is 269 g/mol. The fraction of sp³-hybridized carbons (Fsp3) is 0.0909. The maximum absolute atomic E-state index is 11.3. The highest BCUT2D eigenvalue weighted by Crippen LogP contribution is 2.26. The molecule has 4 nitrogen and oxygen atoms in total. The van der Waals surface area contributed by atoms with Gasteiger partial charge in [0.2, 0.25) is 0 Å². The number of rotatable bonds is 1. The van der Waals surface area contributed by atoms with Crippen LogP contribution in [0, 0.1) is 0 Å². The zero-order chi connectivity index (χ0) is 12.0. The van der Waals surface area contributed by atoms with Crippen molar-refractivity contribution < 1.29 is 8.83 Å². The van der Waals surface area contributed by atoms with E-state index in [1.54, 1.807) is 12.1 Å². The molecule has 0 aliphatic carbocycles. The van der Waals surface area contributed by atoms with Crippen LogP contribution in [-0.4, -0.2) is 0 Å². The Balaban J connectivity index is 2.54. The highest BCUT2D eigenvalue weighted by molar-refractivity contribution is 7.16. The third-order valence-electron chi connectivity index (χ3n) is 2.43. The zero-order valence-electron chi connectivity index (χ0n) is 8.36. The molecule has 2 heterocycles. The molecule has 6 heteroatoms. The molecule has 0 N–H and O–H groups in total.